The van der Waals surface area contributed by atoms with Gasteiger partial charge in [-0.3, -0.25) is 4.90 Å². The van der Waals surface area contributed by atoms with E-state index in [0.29, 0.717) is 18.1 Å². The Kier molecular flexibility index (Phi) is 2.93. The number of piperidine rings is 1. The van der Waals surface area contributed by atoms with Gasteiger partial charge in [-0.15, -0.1) is 0 Å². The standard InChI is InChI=1S/C16H24N2O2/c1-2-6-17-12-8-11-9-15(19)20-16(11)10-13(12)18-7-4-3-5-14(16)18/h9,12-14,17H,2-8,10H2,1H3/t12?,13-,14+,16-/m1/s1. The fourth-order valence-electron chi connectivity index (χ4n) is 4.93. The molecule has 4 atom stereocenters. The van der Waals surface area contributed by atoms with Crippen LogP contribution in [0, 0.1) is 0 Å². The van der Waals surface area contributed by atoms with E-state index in [0.717, 1.165) is 25.8 Å². The molecule has 2 saturated heterocycles. The van der Waals surface area contributed by atoms with Crippen molar-refractivity contribution < 1.29 is 9.53 Å². The van der Waals surface area contributed by atoms with Gasteiger partial charge in [-0.1, -0.05) is 13.3 Å². The highest BCUT2D eigenvalue weighted by molar-refractivity contribution is 5.87. The van der Waals surface area contributed by atoms with Crippen LogP contribution in [-0.4, -0.2) is 47.7 Å². The SMILES string of the molecule is CCCNC1CC2=CC(=O)O[C@]23C[C@H]1N1CCCC[C@H]13. The lowest BCUT2D eigenvalue weighted by atomic mass is 9.75. The maximum Gasteiger partial charge on any atom is 0.331 e. The third-order valence-electron chi connectivity index (χ3n) is 5.70. The maximum absolute atomic E-state index is 11.8. The summed E-state index contributed by atoms with van der Waals surface area (Å²) < 4.78 is 5.87. The van der Waals surface area contributed by atoms with Crippen LogP contribution in [0.2, 0.25) is 0 Å². The van der Waals surface area contributed by atoms with Gasteiger partial charge in [0.25, 0.3) is 0 Å². The molecule has 1 aliphatic carbocycles. The number of carbonyl (C=O) groups excluding carboxylic acids is 1. The predicted molar refractivity (Wildman–Crippen MR) is 76.4 cm³/mol. The highest BCUT2D eigenvalue weighted by Gasteiger charge is 2.63. The Morgan fingerprint density at radius 2 is 2.40 bits per heavy atom. The van der Waals surface area contributed by atoms with Crippen molar-refractivity contribution >= 4 is 5.97 Å². The summed E-state index contributed by atoms with van der Waals surface area (Å²) in [4.78, 5) is 14.5. The molecule has 1 unspecified atom stereocenters. The van der Waals surface area contributed by atoms with Crippen molar-refractivity contribution in [3.8, 4) is 0 Å². The van der Waals surface area contributed by atoms with Crippen LogP contribution in [0.1, 0.15) is 45.4 Å². The van der Waals surface area contributed by atoms with Crippen molar-refractivity contribution in [1.29, 1.82) is 0 Å². The number of nitrogens with zero attached hydrogens (tertiary/aromatic N) is 1. The second-order valence-electron chi connectivity index (χ2n) is 6.77. The molecule has 4 heteroatoms. The Hall–Kier alpha value is -0.870. The van der Waals surface area contributed by atoms with Crippen LogP contribution in [0.15, 0.2) is 11.6 Å². The number of hydrogen-bond acceptors (Lipinski definition) is 4. The van der Waals surface area contributed by atoms with Crippen LogP contribution in [0.3, 0.4) is 0 Å². The van der Waals surface area contributed by atoms with Crippen LogP contribution in [-0.2, 0) is 9.53 Å². The number of carbonyl (C=O) groups is 1. The molecule has 1 N–H and O–H groups in total. The van der Waals surface area contributed by atoms with Gasteiger partial charge < -0.3 is 10.1 Å². The smallest absolute Gasteiger partial charge is 0.331 e. The fraction of sp³-hybridized carbons (Fsp3) is 0.812. The quantitative estimate of drug-likeness (QED) is 0.795. The molecule has 4 nitrogen and oxygen atoms in total. The van der Waals surface area contributed by atoms with Crippen LogP contribution < -0.4 is 5.32 Å². The molecule has 4 rings (SSSR count). The summed E-state index contributed by atoms with van der Waals surface area (Å²) in [5.41, 5.74) is 1.01. The van der Waals surface area contributed by atoms with Gasteiger partial charge in [0.15, 0.2) is 5.60 Å². The highest BCUT2D eigenvalue weighted by atomic mass is 16.6. The molecular weight excluding hydrogens is 252 g/mol. The minimum atomic E-state index is -0.257. The predicted octanol–water partition coefficient (Wildman–Crippen LogP) is 1.61. The first kappa shape index (κ1) is 12.8. The Morgan fingerprint density at radius 3 is 3.25 bits per heavy atom. The van der Waals surface area contributed by atoms with E-state index < -0.39 is 0 Å². The summed E-state index contributed by atoms with van der Waals surface area (Å²) in [5, 5.41) is 3.71. The summed E-state index contributed by atoms with van der Waals surface area (Å²) in [6.07, 6.45) is 8.69. The van der Waals surface area contributed by atoms with Crippen molar-refractivity contribution in [2.75, 3.05) is 13.1 Å². The average molecular weight is 276 g/mol. The molecule has 3 heterocycles. The Morgan fingerprint density at radius 1 is 1.50 bits per heavy atom. The van der Waals surface area contributed by atoms with Crippen molar-refractivity contribution in [2.45, 2.75) is 69.2 Å². The number of nitrogens with one attached hydrogen (secondary N) is 1. The van der Waals surface area contributed by atoms with E-state index in [2.05, 4.69) is 17.1 Å². The number of esters is 1. The largest absolute Gasteiger partial charge is 0.450 e. The summed E-state index contributed by atoms with van der Waals surface area (Å²) in [7, 11) is 0. The van der Waals surface area contributed by atoms with Crippen molar-refractivity contribution in [2.24, 2.45) is 0 Å². The lowest BCUT2D eigenvalue weighted by Crippen LogP contribution is -2.50. The van der Waals surface area contributed by atoms with Gasteiger partial charge in [0.2, 0.25) is 0 Å². The number of hydrogen-bond donors (Lipinski definition) is 1. The molecule has 0 aromatic rings. The van der Waals surface area contributed by atoms with Gasteiger partial charge in [0.05, 0.1) is 6.04 Å². The fourth-order valence-corrected chi connectivity index (χ4v) is 4.93. The molecular formula is C16H24N2O2. The maximum atomic E-state index is 11.8. The zero-order valence-corrected chi connectivity index (χ0v) is 12.2. The summed E-state index contributed by atoms with van der Waals surface area (Å²) in [6.45, 7) is 4.45. The Bertz CT molecular complexity index is 461. The van der Waals surface area contributed by atoms with E-state index >= 15 is 0 Å². The lowest BCUT2D eigenvalue weighted by Gasteiger charge is -2.38. The summed E-state index contributed by atoms with van der Waals surface area (Å²) >= 11 is 0. The monoisotopic (exact) mass is 276 g/mol. The number of rotatable bonds is 3. The Labute approximate surface area is 120 Å². The van der Waals surface area contributed by atoms with Crippen molar-refractivity contribution in [3.05, 3.63) is 11.6 Å². The number of ether oxygens (including phenoxy) is 1. The first-order valence-corrected chi connectivity index (χ1v) is 8.18. The zero-order valence-electron chi connectivity index (χ0n) is 12.2. The van der Waals surface area contributed by atoms with E-state index in [9.17, 15) is 4.79 Å². The van der Waals surface area contributed by atoms with Gasteiger partial charge in [-0.05, 0) is 44.3 Å². The average Bonchev–Trinajstić information content (AvgIpc) is 2.93. The highest BCUT2D eigenvalue weighted by Crippen LogP contribution is 2.53. The topological polar surface area (TPSA) is 41.6 Å². The van der Waals surface area contributed by atoms with Gasteiger partial charge >= 0.3 is 5.97 Å². The van der Waals surface area contributed by atoms with E-state index in [1.54, 1.807) is 6.08 Å². The van der Waals surface area contributed by atoms with Crippen LogP contribution in [0.5, 0.6) is 0 Å². The van der Waals surface area contributed by atoms with Gasteiger partial charge in [-0.25, -0.2) is 4.79 Å². The molecule has 110 valence electrons. The molecule has 0 radical (unpaired) electrons. The minimum absolute atomic E-state index is 0.109. The first-order valence-electron chi connectivity index (χ1n) is 8.18. The van der Waals surface area contributed by atoms with Gasteiger partial charge in [0.1, 0.15) is 0 Å². The second kappa shape index (κ2) is 4.57. The van der Waals surface area contributed by atoms with Crippen molar-refractivity contribution in [3.63, 3.8) is 0 Å². The zero-order chi connectivity index (χ0) is 13.7. The van der Waals surface area contributed by atoms with Crippen molar-refractivity contribution in [1.82, 2.24) is 10.2 Å². The third-order valence-corrected chi connectivity index (χ3v) is 5.70. The van der Waals surface area contributed by atoms with Gasteiger partial charge in [0, 0.05) is 24.6 Å². The van der Waals surface area contributed by atoms with E-state index in [4.69, 9.17) is 4.74 Å². The molecule has 3 fully saturated rings. The molecule has 3 aliphatic heterocycles. The van der Waals surface area contributed by atoms with E-state index in [1.165, 1.54) is 31.4 Å². The first-order chi connectivity index (χ1) is 9.74. The molecule has 2 bridgehead atoms. The minimum Gasteiger partial charge on any atom is -0.450 e. The van der Waals surface area contributed by atoms with E-state index in [1.807, 2.05) is 0 Å². The van der Waals surface area contributed by atoms with Crippen LogP contribution in [0.4, 0.5) is 0 Å². The normalized spacial score (nSPS) is 43.0. The number of fused-ring (bicyclic) bond motifs is 3. The van der Waals surface area contributed by atoms with Crippen LogP contribution >= 0.6 is 0 Å². The van der Waals surface area contributed by atoms with Crippen LogP contribution in [0.25, 0.3) is 0 Å². The molecule has 1 saturated carbocycles. The Balaban J connectivity index is 1.68. The molecule has 0 aromatic carbocycles. The molecule has 4 aliphatic rings. The molecule has 0 amide bonds. The third kappa shape index (κ3) is 1.64. The van der Waals surface area contributed by atoms with Gasteiger partial charge in [-0.2, -0.15) is 0 Å². The van der Waals surface area contributed by atoms with E-state index in [-0.39, 0.29) is 11.6 Å². The molecule has 0 aromatic heterocycles. The summed E-state index contributed by atoms with van der Waals surface area (Å²) in [5.74, 6) is -0.109. The molecule has 20 heavy (non-hydrogen) atoms. The summed E-state index contributed by atoms with van der Waals surface area (Å²) in [6, 6.07) is 1.48. The second-order valence-corrected chi connectivity index (χ2v) is 6.77. The lowest BCUT2D eigenvalue weighted by molar-refractivity contribution is -0.148. The molecule has 1 spiro atoms.